The highest BCUT2D eigenvalue weighted by molar-refractivity contribution is 5.87. The first-order chi connectivity index (χ1) is 9.60. The number of rotatable bonds is 7. The molecule has 0 radical (unpaired) electrons. The fourth-order valence-electron chi connectivity index (χ4n) is 2.26. The van der Waals surface area contributed by atoms with Gasteiger partial charge < -0.3 is 10.6 Å². The molecule has 20 heavy (non-hydrogen) atoms. The summed E-state index contributed by atoms with van der Waals surface area (Å²) >= 11 is 0. The second-order valence-corrected chi connectivity index (χ2v) is 5.63. The van der Waals surface area contributed by atoms with E-state index in [1.54, 1.807) is 6.20 Å². The minimum absolute atomic E-state index is 0.363. The third-order valence-corrected chi connectivity index (χ3v) is 3.05. The average Bonchev–Trinajstić information content (AvgIpc) is 2.83. The molecule has 3 N–H and O–H groups in total. The van der Waals surface area contributed by atoms with Crippen LogP contribution in [0.5, 0.6) is 0 Å². The van der Waals surface area contributed by atoms with Crippen LogP contribution in [0.3, 0.4) is 0 Å². The van der Waals surface area contributed by atoms with Crippen LogP contribution in [0.15, 0.2) is 6.20 Å². The van der Waals surface area contributed by atoms with Crippen molar-refractivity contribution in [2.45, 2.75) is 46.6 Å². The van der Waals surface area contributed by atoms with Gasteiger partial charge in [0.1, 0.15) is 5.82 Å². The van der Waals surface area contributed by atoms with E-state index in [4.69, 9.17) is 0 Å². The number of aromatic nitrogens is 4. The summed E-state index contributed by atoms with van der Waals surface area (Å²) in [6.45, 7) is 9.60. The summed E-state index contributed by atoms with van der Waals surface area (Å²) < 4.78 is 0. The molecule has 0 spiro atoms. The van der Waals surface area contributed by atoms with Crippen molar-refractivity contribution in [3.8, 4) is 0 Å². The van der Waals surface area contributed by atoms with Crippen LogP contribution in [-0.2, 0) is 0 Å². The molecule has 0 amide bonds. The molecule has 2 aromatic rings. The molecule has 0 saturated carbocycles. The summed E-state index contributed by atoms with van der Waals surface area (Å²) in [5.74, 6) is 2.13. The van der Waals surface area contributed by atoms with Gasteiger partial charge in [-0.2, -0.15) is 15.1 Å². The molecule has 2 rings (SSSR count). The number of nitrogens with zero attached hydrogens (tertiary/aromatic N) is 3. The minimum Gasteiger partial charge on any atom is -0.367 e. The van der Waals surface area contributed by atoms with Crippen LogP contribution in [0.25, 0.3) is 11.0 Å². The van der Waals surface area contributed by atoms with Gasteiger partial charge in [0.2, 0.25) is 5.95 Å². The molecule has 6 nitrogen and oxygen atoms in total. The lowest BCUT2D eigenvalue weighted by Gasteiger charge is -2.17. The summed E-state index contributed by atoms with van der Waals surface area (Å²) in [4.78, 5) is 8.99. The lowest BCUT2D eigenvalue weighted by Crippen LogP contribution is -2.19. The van der Waals surface area contributed by atoms with E-state index in [0.29, 0.717) is 17.9 Å². The molecule has 6 heteroatoms. The molecular formula is C14H24N6. The predicted molar refractivity (Wildman–Crippen MR) is 83.0 cm³/mol. The van der Waals surface area contributed by atoms with Crippen LogP contribution in [0.2, 0.25) is 0 Å². The van der Waals surface area contributed by atoms with Crippen molar-refractivity contribution >= 4 is 22.8 Å². The van der Waals surface area contributed by atoms with Crippen LogP contribution in [0.1, 0.15) is 40.5 Å². The molecule has 0 fully saturated rings. The molecule has 1 unspecified atom stereocenters. The predicted octanol–water partition coefficient (Wildman–Crippen LogP) is 3.02. The maximum atomic E-state index is 4.56. The maximum Gasteiger partial charge on any atom is 0.226 e. The van der Waals surface area contributed by atoms with Gasteiger partial charge >= 0.3 is 0 Å². The first-order valence-corrected chi connectivity index (χ1v) is 7.31. The molecule has 2 aromatic heterocycles. The van der Waals surface area contributed by atoms with Crippen molar-refractivity contribution in [1.82, 2.24) is 20.2 Å². The van der Waals surface area contributed by atoms with Crippen molar-refractivity contribution in [3.63, 3.8) is 0 Å². The number of anilines is 2. The zero-order valence-electron chi connectivity index (χ0n) is 12.7. The largest absolute Gasteiger partial charge is 0.367 e. The lowest BCUT2D eigenvalue weighted by atomic mass is 10.1. The van der Waals surface area contributed by atoms with Gasteiger partial charge in [-0.1, -0.05) is 20.8 Å². The standard InChI is InChI=1S/C14H24N6/c1-5-6-15-14-18-12(17-10(4)7-9(2)3)11-8-16-20-13(11)19-14/h8-10H,5-7H2,1-4H3,(H3,15,16,17,18,19,20). The summed E-state index contributed by atoms with van der Waals surface area (Å²) in [5.41, 5.74) is 0.762. The van der Waals surface area contributed by atoms with Crippen LogP contribution in [0.4, 0.5) is 11.8 Å². The summed E-state index contributed by atoms with van der Waals surface area (Å²) in [7, 11) is 0. The van der Waals surface area contributed by atoms with Gasteiger partial charge in [0.05, 0.1) is 11.6 Å². The third kappa shape index (κ3) is 3.59. The van der Waals surface area contributed by atoms with Gasteiger partial charge in [-0.05, 0) is 25.7 Å². The normalized spacial score (nSPS) is 12.8. The minimum atomic E-state index is 0.363. The number of aromatic amines is 1. The van der Waals surface area contributed by atoms with Crippen molar-refractivity contribution in [2.24, 2.45) is 5.92 Å². The van der Waals surface area contributed by atoms with Gasteiger partial charge in [-0.25, -0.2) is 0 Å². The van der Waals surface area contributed by atoms with Crippen molar-refractivity contribution in [1.29, 1.82) is 0 Å². The Kier molecular flexibility index (Phi) is 4.76. The smallest absolute Gasteiger partial charge is 0.226 e. The number of fused-ring (bicyclic) bond motifs is 1. The van der Waals surface area contributed by atoms with Crippen molar-refractivity contribution < 1.29 is 0 Å². The lowest BCUT2D eigenvalue weighted by molar-refractivity contribution is 0.539. The summed E-state index contributed by atoms with van der Waals surface area (Å²) in [5, 5.41) is 14.6. The summed E-state index contributed by atoms with van der Waals surface area (Å²) in [6, 6.07) is 0.363. The molecule has 0 saturated heterocycles. The SMILES string of the molecule is CCCNc1nc(NC(C)CC(C)C)c2cn[nH]c2n1. The van der Waals surface area contributed by atoms with Gasteiger partial charge in [0.25, 0.3) is 0 Å². The molecule has 0 bridgehead atoms. The number of nitrogens with one attached hydrogen (secondary N) is 3. The molecular weight excluding hydrogens is 252 g/mol. The summed E-state index contributed by atoms with van der Waals surface area (Å²) in [6.07, 6.45) is 3.90. The Morgan fingerprint density at radius 2 is 2.05 bits per heavy atom. The van der Waals surface area contributed by atoms with Crippen LogP contribution in [-0.4, -0.2) is 32.8 Å². The molecule has 1 atom stereocenters. The molecule has 0 aromatic carbocycles. The first-order valence-electron chi connectivity index (χ1n) is 7.31. The van der Waals surface area contributed by atoms with Gasteiger partial charge in [0.15, 0.2) is 5.65 Å². The van der Waals surface area contributed by atoms with E-state index in [2.05, 4.69) is 58.5 Å². The van der Waals surface area contributed by atoms with E-state index in [1.165, 1.54) is 0 Å². The van der Waals surface area contributed by atoms with Crippen LogP contribution >= 0.6 is 0 Å². The monoisotopic (exact) mass is 276 g/mol. The Balaban J connectivity index is 2.22. The molecule has 0 aliphatic rings. The Morgan fingerprint density at radius 1 is 1.25 bits per heavy atom. The Morgan fingerprint density at radius 3 is 2.75 bits per heavy atom. The highest BCUT2D eigenvalue weighted by atomic mass is 15.2. The van der Waals surface area contributed by atoms with Crippen molar-refractivity contribution in [2.75, 3.05) is 17.2 Å². The highest BCUT2D eigenvalue weighted by Gasteiger charge is 2.12. The molecule has 0 aliphatic carbocycles. The van der Waals surface area contributed by atoms with E-state index in [-0.39, 0.29) is 0 Å². The number of hydrogen-bond acceptors (Lipinski definition) is 5. The van der Waals surface area contributed by atoms with Gasteiger partial charge in [-0.15, -0.1) is 0 Å². The Bertz CT molecular complexity index is 548. The fourth-order valence-corrected chi connectivity index (χ4v) is 2.26. The topological polar surface area (TPSA) is 78.5 Å². The van der Waals surface area contributed by atoms with Crippen LogP contribution < -0.4 is 10.6 Å². The second-order valence-electron chi connectivity index (χ2n) is 5.63. The Hall–Kier alpha value is -1.85. The number of H-pyrrole nitrogens is 1. The highest BCUT2D eigenvalue weighted by Crippen LogP contribution is 2.21. The molecule has 0 aliphatic heterocycles. The quantitative estimate of drug-likeness (QED) is 0.724. The number of hydrogen-bond donors (Lipinski definition) is 3. The van der Waals surface area contributed by atoms with Crippen LogP contribution in [0, 0.1) is 5.92 Å². The Labute approximate surface area is 119 Å². The van der Waals surface area contributed by atoms with E-state index in [1.807, 2.05) is 0 Å². The van der Waals surface area contributed by atoms with E-state index < -0.39 is 0 Å². The van der Waals surface area contributed by atoms with Gasteiger partial charge in [0, 0.05) is 12.6 Å². The fraction of sp³-hybridized carbons (Fsp3) is 0.643. The van der Waals surface area contributed by atoms with E-state index >= 15 is 0 Å². The van der Waals surface area contributed by atoms with Gasteiger partial charge in [-0.3, -0.25) is 5.10 Å². The molecule has 2 heterocycles. The van der Waals surface area contributed by atoms with E-state index in [9.17, 15) is 0 Å². The first kappa shape index (κ1) is 14.6. The average molecular weight is 276 g/mol. The zero-order chi connectivity index (χ0) is 14.5. The van der Waals surface area contributed by atoms with Crippen molar-refractivity contribution in [3.05, 3.63) is 6.20 Å². The van der Waals surface area contributed by atoms with E-state index in [0.717, 1.165) is 36.2 Å². The third-order valence-electron chi connectivity index (χ3n) is 3.05. The second kappa shape index (κ2) is 6.54. The zero-order valence-corrected chi connectivity index (χ0v) is 12.7. The molecule has 110 valence electrons. The maximum absolute atomic E-state index is 4.56.